The van der Waals surface area contributed by atoms with Crippen molar-refractivity contribution in [2.24, 2.45) is 0 Å². The van der Waals surface area contributed by atoms with Gasteiger partial charge in [0.15, 0.2) is 0 Å². The van der Waals surface area contributed by atoms with Crippen molar-refractivity contribution < 1.29 is 24.5 Å². The molecule has 0 spiro atoms. The molecule has 0 aliphatic rings. The number of furan rings is 1. The molecule has 0 aliphatic heterocycles. The van der Waals surface area contributed by atoms with E-state index in [0.29, 0.717) is 16.7 Å². The summed E-state index contributed by atoms with van der Waals surface area (Å²) in [5.74, 6) is 0. The maximum atomic E-state index is 10.3. The van der Waals surface area contributed by atoms with Crippen molar-refractivity contribution in [3.63, 3.8) is 0 Å². The van der Waals surface area contributed by atoms with Crippen molar-refractivity contribution >= 4 is 43.7 Å². The van der Waals surface area contributed by atoms with E-state index in [-0.39, 0.29) is 25.5 Å². The zero-order chi connectivity index (χ0) is 34.2. The van der Waals surface area contributed by atoms with Crippen LogP contribution < -0.4 is 0 Å². The first-order valence-corrected chi connectivity index (χ1v) is 16.6. The molecular weight excluding hydrogens is 805 g/mol. The Morgan fingerprint density at radius 2 is 1.35 bits per heavy atom. The number of rotatable bonds is 3. The summed E-state index contributed by atoms with van der Waals surface area (Å²) >= 11 is 0. The average molecular weight is 837 g/mol. The fourth-order valence-electron chi connectivity index (χ4n) is 6.52. The van der Waals surface area contributed by atoms with Crippen molar-refractivity contribution in [2.45, 2.75) is 26.2 Å². The summed E-state index contributed by atoms with van der Waals surface area (Å²) in [6.45, 7) is 6.58. The first-order chi connectivity index (χ1) is 24.4. The van der Waals surface area contributed by atoms with Crippen LogP contribution >= 0.6 is 0 Å². The van der Waals surface area contributed by atoms with E-state index >= 15 is 0 Å². The number of hydrogen-bond acceptors (Lipinski definition) is 4. The van der Waals surface area contributed by atoms with Gasteiger partial charge in [0.05, 0.1) is 22.3 Å². The molecule has 6 heteroatoms. The molecule has 5 aromatic carbocycles. The van der Waals surface area contributed by atoms with Crippen molar-refractivity contribution in [1.82, 2.24) is 14.5 Å². The number of nitriles is 1. The molecular formula is C45H32IrN4O-2. The van der Waals surface area contributed by atoms with Crippen LogP contribution in [0.15, 0.2) is 144 Å². The van der Waals surface area contributed by atoms with E-state index in [1.807, 2.05) is 97.2 Å². The molecule has 4 heterocycles. The smallest absolute Gasteiger partial charge is 0.140 e. The first-order valence-electron chi connectivity index (χ1n) is 16.6. The van der Waals surface area contributed by atoms with Crippen molar-refractivity contribution in [3.8, 4) is 34.3 Å². The summed E-state index contributed by atoms with van der Waals surface area (Å²) in [7, 11) is 0. The van der Waals surface area contributed by atoms with Gasteiger partial charge in [0.25, 0.3) is 0 Å². The van der Waals surface area contributed by atoms with Crippen molar-refractivity contribution in [2.75, 3.05) is 0 Å². The number of nitrogens with zero attached hydrogens (tertiary/aromatic N) is 4. The van der Waals surface area contributed by atoms with Gasteiger partial charge in [-0.15, -0.1) is 54.1 Å². The zero-order valence-corrected chi connectivity index (χ0v) is 30.7. The standard InChI is InChI=1S/C30H16N3O.C15H16N.Ir/c31-18-24-28(33-26-13-3-1-8-19(26)20-9-2-4-14-27(20)33)16-15-22-21-10-7-11-23(29(21)34-30(22)24)25-12-5-6-17-32-25;1-15(2,3)13-9-10-14(16-11-13)12-7-5-4-6-8-12;/h1-10,12-17H;4-7,9-11H,1-3H3;/q2*-1;. The molecule has 0 saturated heterocycles. The topological polar surface area (TPSA) is 67.6 Å². The maximum Gasteiger partial charge on any atom is 0.140 e. The Labute approximate surface area is 310 Å². The van der Waals surface area contributed by atoms with Gasteiger partial charge in [0.1, 0.15) is 17.2 Å². The third kappa shape index (κ3) is 6.12. The molecule has 1 radical (unpaired) electrons. The molecule has 4 aromatic heterocycles. The number of aromatic nitrogens is 3. The van der Waals surface area contributed by atoms with E-state index in [9.17, 15) is 5.26 Å². The Morgan fingerprint density at radius 3 is 1.98 bits per heavy atom. The van der Waals surface area contributed by atoms with E-state index in [1.165, 1.54) is 5.56 Å². The summed E-state index contributed by atoms with van der Waals surface area (Å²) in [6, 6.07) is 51.3. The molecule has 9 rings (SSSR count). The molecule has 249 valence electrons. The zero-order valence-electron chi connectivity index (χ0n) is 28.3. The van der Waals surface area contributed by atoms with Gasteiger partial charge in [0, 0.05) is 48.7 Å². The normalized spacial score (nSPS) is 11.3. The van der Waals surface area contributed by atoms with E-state index in [1.54, 1.807) is 6.20 Å². The van der Waals surface area contributed by atoms with Crippen LogP contribution in [0.1, 0.15) is 31.9 Å². The van der Waals surface area contributed by atoms with Gasteiger partial charge >= 0.3 is 0 Å². The maximum absolute atomic E-state index is 10.3. The summed E-state index contributed by atoms with van der Waals surface area (Å²) in [5.41, 5.74) is 9.69. The van der Waals surface area contributed by atoms with Crippen LogP contribution in [0.3, 0.4) is 0 Å². The molecule has 0 amide bonds. The number of benzene rings is 5. The fourth-order valence-corrected chi connectivity index (χ4v) is 6.52. The van der Waals surface area contributed by atoms with E-state index < -0.39 is 0 Å². The molecule has 51 heavy (non-hydrogen) atoms. The van der Waals surface area contributed by atoms with Gasteiger partial charge in [-0.25, -0.2) is 0 Å². The summed E-state index contributed by atoms with van der Waals surface area (Å²) in [6.07, 6.45) is 3.71. The third-order valence-electron chi connectivity index (χ3n) is 9.05. The van der Waals surface area contributed by atoms with E-state index in [2.05, 4.69) is 89.9 Å². The molecule has 0 bridgehead atoms. The van der Waals surface area contributed by atoms with Crippen molar-refractivity contribution in [3.05, 3.63) is 163 Å². The molecule has 0 aliphatic carbocycles. The second-order valence-corrected chi connectivity index (χ2v) is 13.2. The van der Waals surface area contributed by atoms with Crippen LogP contribution in [0, 0.1) is 23.5 Å². The largest absolute Gasteiger partial charge is 0.499 e. The van der Waals surface area contributed by atoms with Crippen LogP contribution in [0.25, 0.3) is 71.9 Å². The minimum atomic E-state index is 0. The molecule has 9 aromatic rings. The predicted molar refractivity (Wildman–Crippen MR) is 202 cm³/mol. The molecule has 0 atom stereocenters. The van der Waals surface area contributed by atoms with Gasteiger partial charge in [0.2, 0.25) is 0 Å². The first kappa shape index (κ1) is 33.6. The van der Waals surface area contributed by atoms with Crippen LogP contribution in [0.5, 0.6) is 0 Å². The molecule has 0 fully saturated rings. The second kappa shape index (κ2) is 13.8. The Morgan fingerprint density at radius 1 is 0.647 bits per heavy atom. The van der Waals surface area contributed by atoms with E-state index in [4.69, 9.17) is 4.42 Å². The van der Waals surface area contributed by atoms with E-state index in [0.717, 1.165) is 60.8 Å². The second-order valence-electron chi connectivity index (χ2n) is 13.2. The SMILES string of the molecule is CC(C)(C)c1ccc(-c2[c-]cccc2)nc1.N#Cc1c(-n2c3ccccc3c3ccccc32)ccc2c1oc1c(-c3ccccn3)[c-]ccc12.[Ir]. The van der Waals surface area contributed by atoms with Crippen LogP contribution in [0.2, 0.25) is 0 Å². The molecule has 5 nitrogen and oxygen atoms in total. The average Bonchev–Trinajstić information content (AvgIpc) is 3.71. The molecule has 0 unspecified atom stereocenters. The monoisotopic (exact) mass is 837 g/mol. The Hall–Kier alpha value is -5.86. The molecule has 0 saturated carbocycles. The minimum absolute atomic E-state index is 0. The number of para-hydroxylation sites is 2. The fraction of sp³-hybridized carbons (Fsp3) is 0.0889. The van der Waals surface area contributed by atoms with Gasteiger partial charge in [-0.3, -0.25) is 0 Å². The third-order valence-corrected chi connectivity index (χ3v) is 9.05. The summed E-state index contributed by atoms with van der Waals surface area (Å²) < 4.78 is 8.57. The van der Waals surface area contributed by atoms with Crippen LogP contribution in [-0.2, 0) is 25.5 Å². The number of pyridine rings is 2. The Balaban J connectivity index is 0.000000202. The van der Waals surface area contributed by atoms with Gasteiger partial charge < -0.3 is 19.0 Å². The van der Waals surface area contributed by atoms with Crippen LogP contribution in [-0.4, -0.2) is 14.5 Å². The van der Waals surface area contributed by atoms with Crippen LogP contribution in [0.4, 0.5) is 0 Å². The van der Waals surface area contributed by atoms with Gasteiger partial charge in [-0.2, -0.15) is 5.26 Å². The quantitative estimate of drug-likeness (QED) is 0.166. The molecule has 0 N–H and O–H groups in total. The Kier molecular flexibility index (Phi) is 9.10. The summed E-state index contributed by atoms with van der Waals surface area (Å²) in [5, 5.41) is 14.5. The summed E-state index contributed by atoms with van der Waals surface area (Å²) in [4.78, 5) is 8.96. The predicted octanol–water partition coefficient (Wildman–Crippen LogP) is 11.3. The Bertz CT molecular complexity index is 2630. The van der Waals surface area contributed by atoms with Gasteiger partial charge in [-0.1, -0.05) is 92.4 Å². The number of fused-ring (bicyclic) bond motifs is 6. The van der Waals surface area contributed by atoms with Crippen molar-refractivity contribution in [1.29, 1.82) is 5.26 Å². The minimum Gasteiger partial charge on any atom is -0.499 e. The van der Waals surface area contributed by atoms with Gasteiger partial charge in [-0.05, 0) is 52.7 Å². The number of hydrogen-bond donors (Lipinski definition) is 0.